The van der Waals surface area contributed by atoms with Gasteiger partial charge in [-0.05, 0) is 85.0 Å². The van der Waals surface area contributed by atoms with Gasteiger partial charge in [-0.25, -0.2) is 14.8 Å². The number of fused-ring (bicyclic) bond motifs is 6. The van der Waals surface area contributed by atoms with Crippen molar-refractivity contribution in [2.24, 2.45) is 17.6 Å². The van der Waals surface area contributed by atoms with Crippen molar-refractivity contribution in [2.75, 3.05) is 20.2 Å². The van der Waals surface area contributed by atoms with Crippen LogP contribution in [0.5, 0.6) is 0 Å². The van der Waals surface area contributed by atoms with Crippen molar-refractivity contribution in [3.8, 4) is 32.1 Å². The molecule has 5 N–H and O–H groups in total. The van der Waals surface area contributed by atoms with Gasteiger partial charge in [0.2, 0.25) is 11.8 Å². The Balaban J connectivity index is 0.991. The number of hydrogen-bond donors (Lipinski definition) is 4. The number of rotatable bonds is 10. The van der Waals surface area contributed by atoms with E-state index < -0.39 is 18.2 Å². The van der Waals surface area contributed by atoms with E-state index >= 15 is 0 Å². The number of thiophene rings is 1. The van der Waals surface area contributed by atoms with Gasteiger partial charge in [0.05, 0.1) is 53.0 Å². The molecule has 7 aromatic rings. The molecule has 0 radical (unpaired) electrons. The Hall–Kier alpha value is -5.73. The van der Waals surface area contributed by atoms with Gasteiger partial charge in [0, 0.05) is 34.3 Å². The van der Waals surface area contributed by atoms with Crippen molar-refractivity contribution in [2.45, 2.75) is 77.5 Å². The van der Waals surface area contributed by atoms with Gasteiger partial charge < -0.3 is 40.0 Å². The highest BCUT2D eigenvalue weighted by Gasteiger charge is 2.38. The molecule has 2 aliphatic heterocycles. The molecule has 2 aromatic carbocycles. The Morgan fingerprint density at radius 2 is 1.52 bits per heavy atom. The third-order valence-corrected chi connectivity index (χ3v) is 13.1. The Kier molecular flexibility index (Phi) is 9.71. The number of carbonyl (C=O) groups excluding carboxylic acids is 3. The summed E-state index contributed by atoms with van der Waals surface area (Å²) in [4.78, 5) is 61.6. The van der Waals surface area contributed by atoms with Crippen LogP contribution in [0.1, 0.15) is 77.1 Å². The first-order valence-corrected chi connectivity index (χ1v) is 21.0. The Morgan fingerprint density at radius 3 is 2.22 bits per heavy atom. The van der Waals surface area contributed by atoms with Crippen molar-refractivity contribution in [3.05, 3.63) is 72.4 Å². The molecule has 9 rings (SSSR count). The van der Waals surface area contributed by atoms with Crippen LogP contribution in [0.2, 0.25) is 0 Å². The molecule has 4 atom stereocenters. The minimum atomic E-state index is -0.698. The molecule has 7 heterocycles. The third-order valence-electron chi connectivity index (χ3n) is 11.9. The number of nitrogens with two attached hydrogens (primary N) is 1. The molecule has 3 amide bonds. The standard InChI is InChI=1S/C44H48N8O5S/c1-22(2)38(45)42(53)51-18-6-8-30(51)40-46-21-29(49-40)35-17-16-34(58-35)26-12-11-25(36-32-14-15-33(57-32)37(26)36)24-10-13-27-28(20-24)48-41(47-27)31-9-7-19-52(31)43(54)39(23(3)4)50-44(55)56-5/h10-17,20-23,30-31,38-39H,6-9,18-19,45H2,1-5H3,(H,46,49)(H,47,48)(H,50,55). The zero-order valence-corrected chi connectivity index (χ0v) is 34.1. The molecule has 4 unspecified atom stereocenters. The van der Waals surface area contributed by atoms with Crippen LogP contribution in [0, 0.1) is 11.8 Å². The number of ether oxygens (including phenoxy) is 1. The topological polar surface area (TPSA) is 175 Å². The van der Waals surface area contributed by atoms with Crippen LogP contribution in [-0.2, 0) is 14.3 Å². The van der Waals surface area contributed by atoms with Crippen molar-refractivity contribution in [1.29, 1.82) is 0 Å². The van der Waals surface area contributed by atoms with Gasteiger partial charge in [0.1, 0.15) is 28.9 Å². The second-order valence-corrected chi connectivity index (χ2v) is 17.4. The summed E-state index contributed by atoms with van der Waals surface area (Å²) < 4.78 is 11.1. The average Bonchev–Trinajstić information content (AvgIpc) is 4.08. The number of nitrogens with zero attached hydrogens (tertiary/aromatic N) is 4. The van der Waals surface area contributed by atoms with Crippen molar-refractivity contribution in [3.63, 3.8) is 0 Å². The maximum atomic E-state index is 13.7. The van der Waals surface area contributed by atoms with E-state index in [0.717, 1.165) is 102 Å². The zero-order valence-electron chi connectivity index (χ0n) is 33.3. The first kappa shape index (κ1) is 37.8. The molecule has 58 heavy (non-hydrogen) atoms. The second kappa shape index (κ2) is 14.9. The Morgan fingerprint density at radius 1 is 0.845 bits per heavy atom. The summed E-state index contributed by atoms with van der Waals surface area (Å²) in [6.07, 6.45) is 4.64. The molecule has 5 aromatic heterocycles. The van der Waals surface area contributed by atoms with Crippen LogP contribution in [0.4, 0.5) is 4.79 Å². The molecular weight excluding hydrogens is 753 g/mol. The van der Waals surface area contributed by atoms with Gasteiger partial charge in [-0.1, -0.05) is 45.9 Å². The molecule has 0 spiro atoms. The van der Waals surface area contributed by atoms with E-state index in [1.165, 1.54) is 7.11 Å². The second-order valence-electron chi connectivity index (χ2n) is 16.3. The summed E-state index contributed by atoms with van der Waals surface area (Å²) in [7, 11) is 1.30. The lowest BCUT2D eigenvalue weighted by Gasteiger charge is -2.29. The highest BCUT2D eigenvalue weighted by molar-refractivity contribution is 7.18. The summed E-state index contributed by atoms with van der Waals surface area (Å²) >= 11 is 1.69. The fourth-order valence-electron chi connectivity index (χ4n) is 8.76. The van der Waals surface area contributed by atoms with E-state index in [1.807, 2.05) is 61.9 Å². The van der Waals surface area contributed by atoms with E-state index in [0.29, 0.717) is 13.1 Å². The third kappa shape index (κ3) is 6.48. The predicted octanol–water partition coefficient (Wildman–Crippen LogP) is 8.38. The number of carbonyl (C=O) groups is 3. The molecule has 0 aliphatic carbocycles. The molecule has 2 bridgehead atoms. The number of aromatic amines is 2. The Bertz CT molecular complexity index is 2650. The predicted molar refractivity (Wildman–Crippen MR) is 225 cm³/mol. The minimum absolute atomic E-state index is 0.0160. The number of furan rings is 2. The highest BCUT2D eigenvalue weighted by atomic mass is 32.1. The number of nitrogens with one attached hydrogen (secondary N) is 3. The number of likely N-dealkylation sites (tertiary alicyclic amines) is 2. The van der Waals surface area contributed by atoms with Crippen LogP contribution < -0.4 is 11.1 Å². The highest BCUT2D eigenvalue weighted by Crippen LogP contribution is 2.46. The first-order chi connectivity index (χ1) is 28.0. The van der Waals surface area contributed by atoms with Gasteiger partial charge >= 0.3 is 6.09 Å². The smallest absolute Gasteiger partial charge is 0.407 e. The number of alkyl carbamates (subject to hydrolysis) is 1. The van der Waals surface area contributed by atoms with Gasteiger partial charge in [0.25, 0.3) is 0 Å². The number of hydrogen-bond acceptors (Lipinski definition) is 9. The molecular formula is C44H48N8O5S. The monoisotopic (exact) mass is 800 g/mol. The quantitative estimate of drug-likeness (QED) is 0.107. The fraction of sp³-hybridized carbons (Fsp3) is 0.386. The lowest BCUT2D eigenvalue weighted by Crippen LogP contribution is -2.51. The van der Waals surface area contributed by atoms with Crippen molar-refractivity contribution >= 4 is 62.2 Å². The van der Waals surface area contributed by atoms with Gasteiger partial charge in [0.15, 0.2) is 0 Å². The minimum Gasteiger partial charge on any atom is -0.456 e. The van der Waals surface area contributed by atoms with Crippen LogP contribution in [0.25, 0.3) is 65.1 Å². The molecule has 2 saturated heterocycles. The molecule has 14 heteroatoms. The lowest BCUT2D eigenvalue weighted by atomic mass is 9.94. The summed E-state index contributed by atoms with van der Waals surface area (Å²) in [5.41, 5.74) is 13.7. The van der Waals surface area contributed by atoms with Crippen LogP contribution in [-0.4, -0.2) is 79.9 Å². The number of methoxy groups -OCH3 is 1. The van der Waals surface area contributed by atoms with Gasteiger partial charge in [-0.3, -0.25) is 9.59 Å². The normalized spacial score (nSPS) is 18.4. The molecule has 13 nitrogen and oxygen atoms in total. The summed E-state index contributed by atoms with van der Waals surface area (Å²) in [5, 5.41) is 4.85. The first-order valence-electron chi connectivity index (χ1n) is 20.1. The van der Waals surface area contributed by atoms with Crippen molar-refractivity contribution in [1.82, 2.24) is 35.1 Å². The van der Waals surface area contributed by atoms with E-state index in [2.05, 4.69) is 51.7 Å². The maximum Gasteiger partial charge on any atom is 0.407 e. The van der Waals surface area contributed by atoms with E-state index in [-0.39, 0.29) is 35.7 Å². The van der Waals surface area contributed by atoms with Crippen LogP contribution in [0.3, 0.4) is 0 Å². The van der Waals surface area contributed by atoms with E-state index in [1.54, 1.807) is 11.3 Å². The maximum absolute atomic E-state index is 13.7. The zero-order chi connectivity index (χ0) is 40.4. The Labute approximate surface area is 339 Å². The van der Waals surface area contributed by atoms with E-state index in [4.69, 9.17) is 24.9 Å². The summed E-state index contributed by atoms with van der Waals surface area (Å²) in [6, 6.07) is 17.3. The molecule has 300 valence electrons. The molecule has 2 fully saturated rings. The summed E-state index contributed by atoms with van der Waals surface area (Å²) in [5.74, 6) is 1.33. The number of H-pyrrole nitrogens is 2. The van der Waals surface area contributed by atoms with Crippen molar-refractivity contribution < 1.29 is 23.5 Å². The summed E-state index contributed by atoms with van der Waals surface area (Å²) in [6.45, 7) is 9.06. The fourth-order valence-corrected chi connectivity index (χ4v) is 9.77. The van der Waals surface area contributed by atoms with Crippen LogP contribution in [0.15, 0.2) is 65.2 Å². The van der Waals surface area contributed by atoms with Crippen LogP contribution >= 0.6 is 11.3 Å². The molecule has 2 aliphatic rings. The van der Waals surface area contributed by atoms with E-state index in [9.17, 15) is 14.4 Å². The largest absolute Gasteiger partial charge is 0.456 e. The lowest BCUT2D eigenvalue weighted by molar-refractivity contribution is -0.136. The van der Waals surface area contributed by atoms with Gasteiger partial charge in [-0.15, -0.1) is 11.3 Å². The average molecular weight is 801 g/mol. The number of aromatic nitrogens is 4. The van der Waals surface area contributed by atoms with Gasteiger partial charge in [-0.2, -0.15) is 0 Å². The number of imidazole rings is 2. The molecule has 0 saturated carbocycles. The number of benzene rings is 3. The SMILES string of the molecule is COC(=O)NC(C(=O)N1CCCC1c1nc2ccc(-c3ccc(-c4ccc(-c5cnc(C6CCCN6C(=O)C(N)C(C)C)[nH]5)s4)c4c5ccc(o5)c34)cc2[nH]1)C(C)C. The number of amides is 3.